The van der Waals surface area contributed by atoms with E-state index >= 15 is 0 Å². The SMILES string of the molecule is COc1cccc(C2CC(=O)Nc3sc(C(=O)Nc4cccc(C)c4)c(C)c32)c1. The van der Waals surface area contributed by atoms with Crippen LogP contribution in [-0.2, 0) is 4.79 Å². The van der Waals surface area contributed by atoms with Crippen LogP contribution in [0.5, 0.6) is 5.75 Å². The molecule has 2 aromatic carbocycles. The normalized spacial score (nSPS) is 15.4. The van der Waals surface area contributed by atoms with Crippen LogP contribution < -0.4 is 15.4 Å². The molecule has 5 nitrogen and oxygen atoms in total. The largest absolute Gasteiger partial charge is 0.497 e. The van der Waals surface area contributed by atoms with Crippen LogP contribution in [0.2, 0.25) is 0 Å². The molecule has 3 aromatic rings. The molecule has 6 heteroatoms. The van der Waals surface area contributed by atoms with Gasteiger partial charge in [-0.2, -0.15) is 0 Å². The predicted molar refractivity (Wildman–Crippen MR) is 116 cm³/mol. The van der Waals surface area contributed by atoms with Gasteiger partial charge in [-0.15, -0.1) is 11.3 Å². The smallest absolute Gasteiger partial charge is 0.266 e. The number of carbonyl (C=O) groups excluding carboxylic acids is 2. The van der Waals surface area contributed by atoms with Gasteiger partial charge in [0.15, 0.2) is 0 Å². The highest BCUT2D eigenvalue weighted by Crippen LogP contribution is 2.45. The molecule has 2 heterocycles. The number of rotatable bonds is 4. The van der Waals surface area contributed by atoms with Crippen molar-refractivity contribution in [3.8, 4) is 5.75 Å². The fourth-order valence-electron chi connectivity index (χ4n) is 3.77. The Kier molecular flexibility index (Phi) is 5.11. The van der Waals surface area contributed by atoms with Crippen molar-refractivity contribution in [3.05, 3.63) is 75.7 Å². The van der Waals surface area contributed by atoms with E-state index in [4.69, 9.17) is 4.74 Å². The standard InChI is InChI=1S/C23H22N2O3S/c1-13-6-4-8-16(10-13)24-22(27)21-14(2)20-18(12-19(26)25-23(20)29-21)15-7-5-9-17(11-15)28-3/h4-11,18H,12H2,1-3H3,(H,24,27)(H,25,26). The Balaban J connectivity index is 1.71. The summed E-state index contributed by atoms with van der Waals surface area (Å²) in [5.41, 5.74) is 4.76. The van der Waals surface area contributed by atoms with Crippen molar-refractivity contribution in [1.29, 1.82) is 0 Å². The zero-order chi connectivity index (χ0) is 20.5. The van der Waals surface area contributed by atoms with Crippen molar-refractivity contribution in [2.45, 2.75) is 26.2 Å². The number of hydrogen-bond donors (Lipinski definition) is 2. The van der Waals surface area contributed by atoms with Crippen LogP contribution >= 0.6 is 11.3 Å². The zero-order valence-electron chi connectivity index (χ0n) is 16.5. The molecule has 0 aliphatic carbocycles. The van der Waals surface area contributed by atoms with Crippen LogP contribution in [0.25, 0.3) is 0 Å². The third-order valence-electron chi connectivity index (χ3n) is 5.16. The van der Waals surface area contributed by atoms with Gasteiger partial charge in [0.25, 0.3) is 5.91 Å². The van der Waals surface area contributed by atoms with Gasteiger partial charge in [-0.25, -0.2) is 0 Å². The monoisotopic (exact) mass is 406 g/mol. The summed E-state index contributed by atoms with van der Waals surface area (Å²) in [5, 5.41) is 6.67. The first-order valence-electron chi connectivity index (χ1n) is 9.41. The van der Waals surface area contributed by atoms with E-state index < -0.39 is 0 Å². The molecule has 2 N–H and O–H groups in total. The van der Waals surface area contributed by atoms with Gasteiger partial charge in [0.1, 0.15) is 5.75 Å². The molecule has 1 aliphatic heterocycles. The second-order valence-corrected chi connectivity index (χ2v) is 8.22. The molecule has 1 atom stereocenters. The van der Waals surface area contributed by atoms with E-state index in [0.29, 0.717) is 11.3 Å². The number of aryl methyl sites for hydroxylation is 1. The van der Waals surface area contributed by atoms with Crippen molar-refractivity contribution in [2.24, 2.45) is 0 Å². The Bertz CT molecular complexity index is 1100. The number of thiophene rings is 1. The van der Waals surface area contributed by atoms with Crippen LogP contribution in [0.3, 0.4) is 0 Å². The highest BCUT2D eigenvalue weighted by atomic mass is 32.1. The third kappa shape index (κ3) is 3.76. The second-order valence-electron chi connectivity index (χ2n) is 7.20. The maximum atomic E-state index is 13.0. The molecule has 4 rings (SSSR count). The average molecular weight is 407 g/mol. The van der Waals surface area contributed by atoms with Gasteiger partial charge >= 0.3 is 0 Å². The molecular weight excluding hydrogens is 384 g/mol. The number of ether oxygens (including phenoxy) is 1. The van der Waals surface area contributed by atoms with Crippen LogP contribution in [0, 0.1) is 13.8 Å². The number of nitrogens with one attached hydrogen (secondary N) is 2. The molecule has 0 fully saturated rings. The van der Waals surface area contributed by atoms with E-state index in [0.717, 1.165) is 38.7 Å². The molecule has 0 saturated carbocycles. The first-order chi connectivity index (χ1) is 14.0. The van der Waals surface area contributed by atoms with Crippen LogP contribution in [0.15, 0.2) is 48.5 Å². The fraction of sp³-hybridized carbons (Fsp3) is 0.217. The van der Waals surface area contributed by atoms with Crippen LogP contribution in [0.4, 0.5) is 10.7 Å². The number of methoxy groups -OCH3 is 1. The first kappa shape index (κ1) is 19.2. The van der Waals surface area contributed by atoms with Gasteiger partial charge < -0.3 is 15.4 Å². The van der Waals surface area contributed by atoms with Gasteiger partial charge in [-0.3, -0.25) is 9.59 Å². The molecule has 148 valence electrons. The van der Waals surface area contributed by atoms with E-state index in [1.54, 1.807) is 7.11 Å². The molecule has 1 aliphatic rings. The molecule has 0 spiro atoms. The lowest BCUT2D eigenvalue weighted by molar-refractivity contribution is -0.116. The number of carbonyl (C=O) groups is 2. The highest BCUT2D eigenvalue weighted by molar-refractivity contribution is 7.18. The third-order valence-corrected chi connectivity index (χ3v) is 6.38. The van der Waals surface area contributed by atoms with E-state index in [9.17, 15) is 9.59 Å². The van der Waals surface area contributed by atoms with E-state index in [1.165, 1.54) is 11.3 Å². The Morgan fingerprint density at radius 1 is 1.17 bits per heavy atom. The summed E-state index contributed by atoms with van der Waals surface area (Å²) in [6.07, 6.45) is 0.344. The van der Waals surface area contributed by atoms with Gasteiger partial charge in [0.05, 0.1) is 17.0 Å². The Morgan fingerprint density at radius 2 is 1.97 bits per heavy atom. The van der Waals surface area contributed by atoms with Gasteiger partial charge in [0, 0.05) is 18.0 Å². The number of benzene rings is 2. The number of fused-ring (bicyclic) bond motifs is 1. The summed E-state index contributed by atoms with van der Waals surface area (Å²) in [7, 11) is 1.63. The quantitative estimate of drug-likeness (QED) is 0.633. The van der Waals surface area contributed by atoms with Gasteiger partial charge in [-0.1, -0.05) is 24.3 Å². The van der Waals surface area contributed by atoms with E-state index in [-0.39, 0.29) is 17.7 Å². The summed E-state index contributed by atoms with van der Waals surface area (Å²) in [4.78, 5) is 25.9. The summed E-state index contributed by atoms with van der Waals surface area (Å²) in [6, 6.07) is 15.5. The van der Waals surface area contributed by atoms with Crippen molar-refractivity contribution >= 4 is 33.8 Å². The minimum Gasteiger partial charge on any atom is -0.497 e. The van der Waals surface area contributed by atoms with E-state index in [2.05, 4.69) is 10.6 Å². The first-order valence-corrected chi connectivity index (χ1v) is 10.2. The van der Waals surface area contributed by atoms with Crippen molar-refractivity contribution < 1.29 is 14.3 Å². The lowest BCUT2D eigenvalue weighted by Gasteiger charge is -2.24. The molecule has 1 aromatic heterocycles. The molecular formula is C23H22N2O3S. The summed E-state index contributed by atoms with van der Waals surface area (Å²) in [6.45, 7) is 3.93. The summed E-state index contributed by atoms with van der Waals surface area (Å²) in [5.74, 6) is 0.439. The molecule has 0 saturated heterocycles. The molecule has 29 heavy (non-hydrogen) atoms. The van der Waals surface area contributed by atoms with Gasteiger partial charge in [0.2, 0.25) is 5.91 Å². The lowest BCUT2D eigenvalue weighted by atomic mass is 9.85. The minimum absolute atomic E-state index is 0.0442. The topological polar surface area (TPSA) is 67.4 Å². The number of hydrogen-bond acceptors (Lipinski definition) is 4. The van der Waals surface area contributed by atoms with E-state index in [1.807, 2.05) is 62.4 Å². The fourth-order valence-corrected chi connectivity index (χ4v) is 4.95. The molecule has 1 unspecified atom stereocenters. The second kappa shape index (κ2) is 7.72. The summed E-state index contributed by atoms with van der Waals surface area (Å²) < 4.78 is 5.35. The minimum atomic E-state index is -0.161. The van der Waals surface area contributed by atoms with Gasteiger partial charge in [-0.05, 0) is 60.4 Å². The molecule has 0 radical (unpaired) electrons. The molecule has 2 amide bonds. The maximum Gasteiger partial charge on any atom is 0.266 e. The molecule has 0 bridgehead atoms. The maximum absolute atomic E-state index is 13.0. The number of anilines is 2. The highest BCUT2D eigenvalue weighted by Gasteiger charge is 2.33. The average Bonchev–Trinajstić information content (AvgIpc) is 3.04. The summed E-state index contributed by atoms with van der Waals surface area (Å²) >= 11 is 1.33. The Hall–Kier alpha value is -3.12. The predicted octanol–water partition coefficient (Wildman–Crippen LogP) is 5.10. The number of amides is 2. The Labute approximate surface area is 173 Å². The van der Waals surface area contributed by atoms with Crippen LogP contribution in [0.1, 0.15) is 44.3 Å². The van der Waals surface area contributed by atoms with Crippen LogP contribution in [-0.4, -0.2) is 18.9 Å². The van der Waals surface area contributed by atoms with Crippen molar-refractivity contribution in [2.75, 3.05) is 17.7 Å². The van der Waals surface area contributed by atoms with Crippen molar-refractivity contribution in [3.63, 3.8) is 0 Å². The Morgan fingerprint density at radius 3 is 2.72 bits per heavy atom. The lowest BCUT2D eigenvalue weighted by Crippen LogP contribution is -2.22. The zero-order valence-corrected chi connectivity index (χ0v) is 17.4. The van der Waals surface area contributed by atoms with Crippen molar-refractivity contribution in [1.82, 2.24) is 0 Å².